The lowest BCUT2D eigenvalue weighted by molar-refractivity contribution is -0.146. The predicted molar refractivity (Wildman–Crippen MR) is 111 cm³/mol. The molecule has 0 saturated carbocycles. The van der Waals surface area contributed by atoms with Crippen molar-refractivity contribution in [2.45, 2.75) is 43.2 Å². The molecule has 0 aromatic heterocycles. The smallest absolute Gasteiger partial charge is 0.273 e. The van der Waals surface area contributed by atoms with Crippen LogP contribution in [0.25, 0.3) is 0 Å². The number of nitrogens with one attached hydrogen (secondary N) is 1. The van der Waals surface area contributed by atoms with E-state index in [1.54, 1.807) is 12.1 Å². The van der Waals surface area contributed by atoms with Gasteiger partial charge in [0, 0.05) is 13.0 Å². The average Bonchev–Trinajstić information content (AvgIpc) is 2.74. The summed E-state index contributed by atoms with van der Waals surface area (Å²) in [5, 5.41) is 0.988. The first-order valence-electron chi connectivity index (χ1n) is 10.1. The summed E-state index contributed by atoms with van der Waals surface area (Å²) in [7, 11) is -3.69. The van der Waals surface area contributed by atoms with E-state index in [4.69, 9.17) is 0 Å². The van der Waals surface area contributed by atoms with Crippen LogP contribution < -0.4 is 5.43 Å². The molecule has 2 amide bonds. The van der Waals surface area contributed by atoms with E-state index in [2.05, 4.69) is 5.43 Å². The van der Waals surface area contributed by atoms with Gasteiger partial charge in [-0.2, -0.15) is 13.2 Å². The highest BCUT2D eigenvalue weighted by atomic mass is 32.2. The molecule has 1 heterocycles. The molecule has 1 aliphatic heterocycles. The third kappa shape index (κ3) is 5.48. The molecule has 0 radical (unpaired) electrons. The van der Waals surface area contributed by atoms with Gasteiger partial charge in [0.15, 0.2) is 9.84 Å². The normalized spacial score (nSPS) is 17.3. The van der Waals surface area contributed by atoms with E-state index in [1.807, 2.05) is 6.92 Å². The van der Waals surface area contributed by atoms with Crippen LogP contribution in [0.15, 0.2) is 53.4 Å². The maximum Gasteiger partial charge on any atom is 0.416 e. The Balaban J connectivity index is 1.66. The Morgan fingerprint density at radius 2 is 1.78 bits per heavy atom. The van der Waals surface area contributed by atoms with E-state index in [0.29, 0.717) is 6.42 Å². The Hall–Kier alpha value is -2.88. The molecule has 0 bridgehead atoms. The minimum atomic E-state index is -4.60. The molecule has 0 spiro atoms. The molecule has 0 aliphatic carbocycles. The van der Waals surface area contributed by atoms with Gasteiger partial charge >= 0.3 is 6.18 Å². The molecule has 32 heavy (non-hydrogen) atoms. The number of amides is 2. The number of piperidine rings is 1. The Bertz CT molecular complexity index is 1100. The Labute approximate surface area is 184 Å². The first-order valence-corrected chi connectivity index (χ1v) is 11.7. The van der Waals surface area contributed by atoms with Crippen molar-refractivity contribution >= 4 is 21.7 Å². The van der Waals surface area contributed by atoms with E-state index < -0.39 is 45.1 Å². The van der Waals surface area contributed by atoms with E-state index in [9.17, 15) is 31.2 Å². The quantitative estimate of drug-likeness (QED) is 0.702. The van der Waals surface area contributed by atoms with Crippen molar-refractivity contribution in [1.29, 1.82) is 0 Å². The van der Waals surface area contributed by atoms with E-state index in [-0.39, 0.29) is 29.8 Å². The Morgan fingerprint density at radius 3 is 2.44 bits per heavy atom. The first kappa shape index (κ1) is 23.8. The Morgan fingerprint density at radius 1 is 1.12 bits per heavy atom. The van der Waals surface area contributed by atoms with Gasteiger partial charge < -0.3 is 0 Å². The number of nitrogens with zero attached hydrogens (tertiary/aromatic N) is 1. The van der Waals surface area contributed by atoms with Crippen LogP contribution in [0, 0.1) is 6.92 Å². The summed E-state index contributed by atoms with van der Waals surface area (Å²) < 4.78 is 64.9. The summed E-state index contributed by atoms with van der Waals surface area (Å²) in [6.45, 7) is 1.96. The van der Waals surface area contributed by atoms with Gasteiger partial charge in [-0.25, -0.2) is 8.42 Å². The summed E-state index contributed by atoms with van der Waals surface area (Å²) >= 11 is 0. The van der Waals surface area contributed by atoms with E-state index >= 15 is 0 Å². The lowest BCUT2D eigenvalue weighted by Gasteiger charge is -2.33. The van der Waals surface area contributed by atoms with Crippen LogP contribution in [0.1, 0.15) is 41.9 Å². The van der Waals surface area contributed by atoms with Crippen molar-refractivity contribution in [1.82, 2.24) is 10.4 Å². The molecular formula is C22H23F3N2O4S. The zero-order valence-corrected chi connectivity index (χ0v) is 18.2. The van der Waals surface area contributed by atoms with Crippen molar-refractivity contribution in [3.8, 4) is 0 Å². The summed E-state index contributed by atoms with van der Waals surface area (Å²) in [6.07, 6.45) is -4.37. The minimum Gasteiger partial charge on any atom is -0.273 e. The van der Waals surface area contributed by atoms with Crippen molar-refractivity contribution in [3.05, 3.63) is 65.2 Å². The fourth-order valence-electron chi connectivity index (χ4n) is 3.63. The van der Waals surface area contributed by atoms with E-state index in [1.165, 1.54) is 30.3 Å². The number of carbonyl (C=O) groups is 2. The fraction of sp³-hybridized carbons (Fsp3) is 0.364. The molecule has 172 valence electrons. The fourth-order valence-corrected chi connectivity index (χ4v) is 4.87. The van der Waals surface area contributed by atoms with Crippen LogP contribution in [0.2, 0.25) is 0 Å². The number of rotatable bonds is 6. The van der Waals surface area contributed by atoms with Gasteiger partial charge in [0.2, 0.25) is 11.8 Å². The molecule has 10 heteroatoms. The van der Waals surface area contributed by atoms with Gasteiger partial charge in [0.05, 0.1) is 22.1 Å². The lowest BCUT2D eigenvalue weighted by atomic mass is 9.87. The molecule has 3 rings (SSSR count). The van der Waals surface area contributed by atoms with Crippen LogP contribution >= 0.6 is 0 Å². The van der Waals surface area contributed by atoms with Crippen LogP contribution in [0.5, 0.6) is 0 Å². The van der Waals surface area contributed by atoms with Gasteiger partial charge in [0.25, 0.3) is 0 Å². The number of alkyl halides is 3. The van der Waals surface area contributed by atoms with Crippen LogP contribution in [0.3, 0.4) is 0 Å². The number of hydrogen-bond acceptors (Lipinski definition) is 4. The topological polar surface area (TPSA) is 83.6 Å². The second-order valence-corrected chi connectivity index (χ2v) is 9.80. The molecule has 2 aromatic rings. The van der Waals surface area contributed by atoms with E-state index in [0.717, 1.165) is 16.6 Å². The standard InChI is InChI=1S/C22H23F3N2O4S/c1-15-8-10-16(11-9-15)32(30,31)14-12-20(28)26-27-13-4-6-18(21(27)29)17-5-2-3-7-19(17)22(23,24)25/h2-3,5,7-11,18H,4,6,12-14H2,1H3,(H,26,28). The molecule has 1 N–H and O–H groups in total. The zero-order chi connectivity index (χ0) is 23.5. The van der Waals surface area contributed by atoms with Crippen molar-refractivity contribution in [2.24, 2.45) is 0 Å². The Kier molecular flexibility index (Phi) is 6.92. The van der Waals surface area contributed by atoms with Crippen LogP contribution in [0.4, 0.5) is 13.2 Å². The molecule has 1 fully saturated rings. The highest BCUT2D eigenvalue weighted by Gasteiger charge is 2.39. The molecule has 6 nitrogen and oxygen atoms in total. The molecular weight excluding hydrogens is 445 g/mol. The number of sulfone groups is 1. The number of hydrazine groups is 1. The highest BCUT2D eigenvalue weighted by Crippen LogP contribution is 2.38. The van der Waals surface area contributed by atoms with Crippen molar-refractivity contribution < 1.29 is 31.2 Å². The maximum absolute atomic E-state index is 13.4. The summed E-state index contributed by atoms with van der Waals surface area (Å²) in [6, 6.07) is 11.1. The highest BCUT2D eigenvalue weighted by molar-refractivity contribution is 7.91. The van der Waals surface area contributed by atoms with Crippen LogP contribution in [-0.2, 0) is 25.6 Å². The van der Waals surface area contributed by atoms with Gasteiger partial charge in [-0.15, -0.1) is 0 Å². The third-order valence-electron chi connectivity index (χ3n) is 5.32. The van der Waals surface area contributed by atoms with Gasteiger partial charge in [0.1, 0.15) is 0 Å². The molecule has 1 aliphatic rings. The summed E-state index contributed by atoms with van der Waals surface area (Å²) in [4.78, 5) is 25.2. The van der Waals surface area contributed by atoms with Crippen LogP contribution in [-0.4, -0.2) is 37.5 Å². The zero-order valence-electron chi connectivity index (χ0n) is 17.4. The SMILES string of the molecule is Cc1ccc(S(=O)(=O)CCC(=O)NN2CCCC(c3ccccc3C(F)(F)F)C2=O)cc1. The second-order valence-electron chi connectivity index (χ2n) is 7.69. The monoisotopic (exact) mass is 468 g/mol. The molecule has 1 saturated heterocycles. The lowest BCUT2D eigenvalue weighted by Crippen LogP contribution is -2.51. The van der Waals surface area contributed by atoms with Crippen molar-refractivity contribution in [2.75, 3.05) is 12.3 Å². The molecule has 1 atom stereocenters. The second kappa shape index (κ2) is 9.32. The third-order valence-corrected chi connectivity index (χ3v) is 7.05. The maximum atomic E-state index is 13.4. The van der Waals surface area contributed by atoms with Crippen molar-refractivity contribution in [3.63, 3.8) is 0 Å². The number of hydrogen-bond donors (Lipinski definition) is 1. The minimum absolute atomic E-state index is 0.0915. The predicted octanol–water partition coefficient (Wildman–Crippen LogP) is 3.62. The molecule has 1 unspecified atom stereocenters. The number of aryl methyl sites for hydroxylation is 1. The summed E-state index contributed by atoms with van der Waals surface area (Å²) in [5.41, 5.74) is 2.24. The first-order chi connectivity index (χ1) is 15.0. The number of halogens is 3. The van der Waals surface area contributed by atoms with Gasteiger partial charge in [-0.1, -0.05) is 35.9 Å². The number of carbonyl (C=O) groups excluding carboxylic acids is 2. The van der Waals surface area contributed by atoms with Gasteiger partial charge in [-0.3, -0.25) is 20.0 Å². The average molecular weight is 468 g/mol. The molecule has 2 aromatic carbocycles. The largest absolute Gasteiger partial charge is 0.416 e. The summed E-state index contributed by atoms with van der Waals surface area (Å²) in [5.74, 6) is -2.84. The van der Waals surface area contributed by atoms with Gasteiger partial charge in [-0.05, 0) is 43.5 Å². The number of benzene rings is 2.